The molecule has 1 aliphatic rings. The molecule has 1 rings (SSSR count). The van der Waals surface area contributed by atoms with E-state index in [2.05, 4.69) is 0 Å². The van der Waals surface area contributed by atoms with Crippen LogP contribution >= 0.6 is 0 Å². The Bertz CT molecular complexity index is 180. The first-order valence-corrected chi connectivity index (χ1v) is 3.55. The van der Waals surface area contributed by atoms with E-state index in [4.69, 9.17) is 4.74 Å². The second-order valence-electron chi connectivity index (χ2n) is 2.62. The Balaban J connectivity index is 2.78. The fourth-order valence-electron chi connectivity index (χ4n) is 1.15. The van der Waals surface area contributed by atoms with Crippen molar-refractivity contribution in [1.29, 1.82) is 0 Å². The van der Waals surface area contributed by atoms with Crippen molar-refractivity contribution < 1.29 is 9.53 Å². The summed E-state index contributed by atoms with van der Waals surface area (Å²) < 4.78 is 5.18. The Morgan fingerprint density at radius 1 is 1.60 bits per heavy atom. The number of rotatable bonds is 1. The highest BCUT2D eigenvalue weighted by atomic mass is 16.5. The van der Waals surface area contributed by atoms with E-state index in [-0.39, 0.29) is 5.78 Å². The SMILES string of the molecule is CC(=O)C1=C(C)CCCO1. The molecule has 0 saturated heterocycles. The average Bonchev–Trinajstić information content (AvgIpc) is 1.88. The van der Waals surface area contributed by atoms with E-state index in [0.717, 1.165) is 18.4 Å². The third-order valence-corrected chi connectivity index (χ3v) is 1.65. The van der Waals surface area contributed by atoms with Gasteiger partial charge >= 0.3 is 0 Å². The maximum atomic E-state index is 10.8. The fraction of sp³-hybridized carbons (Fsp3) is 0.625. The molecule has 2 nitrogen and oxygen atoms in total. The zero-order valence-electron chi connectivity index (χ0n) is 6.44. The van der Waals surface area contributed by atoms with Crippen molar-refractivity contribution in [3.05, 3.63) is 11.3 Å². The van der Waals surface area contributed by atoms with Crippen molar-refractivity contribution in [2.24, 2.45) is 0 Å². The Morgan fingerprint density at radius 2 is 2.30 bits per heavy atom. The molecule has 0 aromatic rings. The molecule has 0 unspecified atom stereocenters. The molecule has 0 aromatic carbocycles. The highest BCUT2D eigenvalue weighted by molar-refractivity contribution is 5.92. The summed E-state index contributed by atoms with van der Waals surface area (Å²) in [6.45, 7) is 4.20. The molecule has 56 valence electrons. The first kappa shape index (κ1) is 7.32. The van der Waals surface area contributed by atoms with Crippen molar-refractivity contribution in [2.45, 2.75) is 26.7 Å². The van der Waals surface area contributed by atoms with Crippen molar-refractivity contribution in [3.8, 4) is 0 Å². The molecule has 1 heterocycles. The van der Waals surface area contributed by atoms with Gasteiger partial charge in [-0.3, -0.25) is 4.79 Å². The molecule has 0 N–H and O–H groups in total. The zero-order valence-corrected chi connectivity index (χ0v) is 6.44. The van der Waals surface area contributed by atoms with Crippen LogP contribution in [-0.2, 0) is 9.53 Å². The molecule has 0 saturated carbocycles. The zero-order chi connectivity index (χ0) is 7.56. The lowest BCUT2D eigenvalue weighted by Crippen LogP contribution is -2.10. The summed E-state index contributed by atoms with van der Waals surface area (Å²) in [7, 11) is 0. The standard InChI is InChI=1S/C8H12O2/c1-6-4-3-5-10-8(6)7(2)9/h3-5H2,1-2H3. The molecule has 0 atom stereocenters. The first-order valence-electron chi connectivity index (χ1n) is 3.55. The van der Waals surface area contributed by atoms with Crippen molar-refractivity contribution in [3.63, 3.8) is 0 Å². The lowest BCUT2D eigenvalue weighted by Gasteiger charge is -2.16. The maximum absolute atomic E-state index is 10.8. The highest BCUT2D eigenvalue weighted by Crippen LogP contribution is 2.18. The number of ether oxygens (including phenoxy) is 1. The van der Waals surface area contributed by atoms with Crippen LogP contribution in [0, 0.1) is 0 Å². The maximum Gasteiger partial charge on any atom is 0.194 e. The van der Waals surface area contributed by atoms with Crippen LogP contribution in [0.1, 0.15) is 26.7 Å². The van der Waals surface area contributed by atoms with E-state index in [1.54, 1.807) is 6.92 Å². The smallest absolute Gasteiger partial charge is 0.194 e. The molecule has 2 heteroatoms. The van der Waals surface area contributed by atoms with Gasteiger partial charge in [-0.1, -0.05) is 0 Å². The van der Waals surface area contributed by atoms with Gasteiger partial charge in [0.1, 0.15) is 0 Å². The van der Waals surface area contributed by atoms with Gasteiger partial charge in [0, 0.05) is 6.92 Å². The molecule has 10 heavy (non-hydrogen) atoms. The van der Waals surface area contributed by atoms with Gasteiger partial charge in [0.2, 0.25) is 0 Å². The lowest BCUT2D eigenvalue weighted by atomic mass is 10.1. The van der Waals surface area contributed by atoms with Crippen LogP contribution in [0.25, 0.3) is 0 Å². The normalized spacial score (nSPS) is 18.6. The van der Waals surface area contributed by atoms with Gasteiger partial charge in [0.25, 0.3) is 0 Å². The second kappa shape index (κ2) is 2.86. The number of carbonyl (C=O) groups excluding carboxylic acids is 1. The molecule has 0 amide bonds. The van der Waals surface area contributed by atoms with Crippen LogP contribution in [-0.4, -0.2) is 12.4 Å². The lowest BCUT2D eigenvalue weighted by molar-refractivity contribution is -0.117. The van der Waals surface area contributed by atoms with E-state index in [1.807, 2.05) is 6.92 Å². The minimum Gasteiger partial charge on any atom is -0.490 e. The summed E-state index contributed by atoms with van der Waals surface area (Å²) in [6.07, 6.45) is 2.05. The molecule has 0 aliphatic carbocycles. The molecule has 1 aliphatic heterocycles. The molecule has 0 fully saturated rings. The number of hydrogen-bond acceptors (Lipinski definition) is 2. The minimum atomic E-state index is 0.0530. The van der Waals surface area contributed by atoms with E-state index >= 15 is 0 Å². The number of carbonyl (C=O) groups is 1. The summed E-state index contributed by atoms with van der Waals surface area (Å²) in [5.74, 6) is 0.642. The number of allylic oxidation sites excluding steroid dienone is 2. The Hall–Kier alpha value is -0.790. The predicted octanol–water partition coefficient (Wildman–Crippen LogP) is 1.66. The van der Waals surface area contributed by atoms with Crippen LogP contribution in [0.2, 0.25) is 0 Å². The number of ketones is 1. The van der Waals surface area contributed by atoms with Crippen LogP contribution in [0.4, 0.5) is 0 Å². The van der Waals surface area contributed by atoms with Crippen LogP contribution < -0.4 is 0 Å². The molecule has 0 radical (unpaired) electrons. The van der Waals surface area contributed by atoms with E-state index in [1.165, 1.54) is 0 Å². The van der Waals surface area contributed by atoms with Gasteiger partial charge in [0.15, 0.2) is 11.5 Å². The Kier molecular flexibility index (Phi) is 2.10. The molecular formula is C8H12O2. The highest BCUT2D eigenvalue weighted by Gasteiger charge is 2.13. The monoisotopic (exact) mass is 140 g/mol. The third-order valence-electron chi connectivity index (χ3n) is 1.65. The summed E-state index contributed by atoms with van der Waals surface area (Å²) in [6, 6.07) is 0. The van der Waals surface area contributed by atoms with Gasteiger partial charge in [-0.25, -0.2) is 0 Å². The average molecular weight is 140 g/mol. The summed E-state index contributed by atoms with van der Waals surface area (Å²) in [4.78, 5) is 10.8. The van der Waals surface area contributed by atoms with Gasteiger partial charge in [0.05, 0.1) is 6.61 Å². The van der Waals surface area contributed by atoms with Crippen LogP contribution in [0.15, 0.2) is 11.3 Å². The second-order valence-corrected chi connectivity index (χ2v) is 2.62. The Labute approximate surface area is 60.9 Å². The largest absolute Gasteiger partial charge is 0.490 e. The van der Waals surface area contributed by atoms with Gasteiger partial charge < -0.3 is 4.74 Å². The summed E-state index contributed by atoms with van der Waals surface area (Å²) in [5.41, 5.74) is 1.10. The van der Waals surface area contributed by atoms with Crippen molar-refractivity contribution in [2.75, 3.05) is 6.61 Å². The van der Waals surface area contributed by atoms with Crippen molar-refractivity contribution >= 4 is 5.78 Å². The van der Waals surface area contributed by atoms with Crippen molar-refractivity contribution in [1.82, 2.24) is 0 Å². The molecule has 0 bridgehead atoms. The van der Waals surface area contributed by atoms with E-state index in [9.17, 15) is 4.79 Å². The van der Waals surface area contributed by atoms with Gasteiger partial charge in [-0.15, -0.1) is 0 Å². The van der Waals surface area contributed by atoms with Gasteiger partial charge in [-0.2, -0.15) is 0 Å². The number of hydrogen-bond donors (Lipinski definition) is 0. The quantitative estimate of drug-likeness (QED) is 0.553. The topological polar surface area (TPSA) is 26.3 Å². The minimum absolute atomic E-state index is 0.0530. The van der Waals surface area contributed by atoms with E-state index in [0.29, 0.717) is 12.4 Å². The van der Waals surface area contributed by atoms with Crippen LogP contribution in [0.3, 0.4) is 0 Å². The fourth-order valence-corrected chi connectivity index (χ4v) is 1.15. The van der Waals surface area contributed by atoms with E-state index < -0.39 is 0 Å². The first-order chi connectivity index (χ1) is 4.72. The van der Waals surface area contributed by atoms with Crippen LogP contribution in [0.5, 0.6) is 0 Å². The van der Waals surface area contributed by atoms with Gasteiger partial charge in [-0.05, 0) is 25.3 Å². The molecule has 0 spiro atoms. The predicted molar refractivity (Wildman–Crippen MR) is 38.6 cm³/mol. The Morgan fingerprint density at radius 3 is 2.70 bits per heavy atom. The molecule has 0 aromatic heterocycles. The third kappa shape index (κ3) is 1.38. The summed E-state index contributed by atoms with van der Waals surface area (Å²) in [5, 5.41) is 0. The molecular weight excluding hydrogens is 128 g/mol. The number of Topliss-reactive ketones (excluding diaryl/α,β-unsaturated/α-hetero) is 1. The summed E-state index contributed by atoms with van der Waals surface area (Å²) >= 11 is 0.